The molecular formula is C19H22Cl2O3. The maximum absolute atomic E-state index is 12.3. The van der Waals surface area contributed by atoms with Crippen LogP contribution in [0, 0.1) is 23.2 Å². The van der Waals surface area contributed by atoms with Crippen LogP contribution in [-0.4, -0.2) is 16.9 Å². The first-order valence-electron chi connectivity index (χ1n) is 8.55. The summed E-state index contributed by atoms with van der Waals surface area (Å²) in [6.07, 6.45) is 5.71. The molecule has 0 radical (unpaired) electrons. The Balaban J connectivity index is 1.50. The summed E-state index contributed by atoms with van der Waals surface area (Å²) in [6, 6.07) is 5.00. The lowest BCUT2D eigenvalue weighted by Crippen LogP contribution is -2.58. The SMILES string of the molecule is C[C@@H](C(=O)O)C1CC2(CCCC(=O)c3ccc(Cl)c(Cl)c3)CCC12. The van der Waals surface area contributed by atoms with E-state index in [0.717, 1.165) is 25.7 Å². The molecular weight excluding hydrogens is 347 g/mol. The molecule has 2 aliphatic carbocycles. The molecule has 4 atom stereocenters. The number of carbonyl (C=O) groups excluding carboxylic acids is 1. The van der Waals surface area contributed by atoms with Crippen molar-refractivity contribution in [1.29, 1.82) is 0 Å². The topological polar surface area (TPSA) is 54.4 Å². The average molecular weight is 369 g/mol. The van der Waals surface area contributed by atoms with Gasteiger partial charge in [-0.15, -0.1) is 0 Å². The van der Waals surface area contributed by atoms with Gasteiger partial charge >= 0.3 is 5.97 Å². The van der Waals surface area contributed by atoms with Crippen LogP contribution in [0.5, 0.6) is 0 Å². The molecule has 0 saturated heterocycles. The normalized spacial score (nSPS) is 29.1. The van der Waals surface area contributed by atoms with Gasteiger partial charge < -0.3 is 5.11 Å². The minimum Gasteiger partial charge on any atom is -0.481 e. The van der Waals surface area contributed by atoms with Crippen molar-refractivity contribution in [2.75, 3.05) is 0 Å². The number of carbonyl (C=O) groups is 2. The van der Waals surface area contributed by atoms with Crippen LogP contribution in [0.2, 0.25) is 10.0 Å². The standard InChI is InChI=1S/C19H22Cl2O3/c1-11(18(23)24)13-10-19(8-6-14(13)19)7-2-3-17(22)12-4-5-15(20)16(21)9-12/h4-5,9,11,13-14H,2-3,6-8,10H2,1H3,(H,23,24)/t11-,13?,14?,19?/m1/s1. The second kappa shape index (κ2) is 6.68. The quantitative estimate of drug-likeness (QED) is 0.647. The van der Waals surface area contributed by atoms with Gasteiger partial charge in [-0.2, -0.15) is 0 Å². The predicted molar refractivity (Wildman–Crippen MR) is 94.7 cm³/mol. The largest absolute Gasteiger partial charge is 0.481 e. The third-order valence-electron chi connectivity index (χ3n) is 6.25. The molecule has 130 valence electrons. The van der Waals surface area contributed by atoms with E-state index < -0.39 is 5.97 Å². The van der Waals surface area contributed by atoms with Gasteiger partial charge in [0.05, 0.1) is 16.0 Å². The molecule has 24 heavy (non-hydrogen) atoms. The van der Waals surface area contributed by atoms with Crippen molar-refractivity contribution in [2.45, 2.75) is 45.4 Å². The van der Waals surface area contributed by atoms with Crippen molar-refractivity contribution in [3.63, 3.8) is 0 Å². The number of hydrogen-bond donors (Lipinski definition) is 1. The van der Waals surface area contributed by atoms with Gasteiger partial charge in [-0.05, 0) is 67.6 Å². The zero-order chi connectivity index (χ0) is 17.5. The number of halogens is 2. The van der Waals surface area contributed by atoms with Gasteiger partial charge in [0.25, 0.3) is 0 Å². The summed E-state index contributed by atoms with van der Waals surface area (Å²) < 4.78 is 0. The molecule has 2 saturated carbocycles. The summed E-state index contributed by atoms with van der Waals surface area (Å²) in [5, 5.41) is 10.0. The number of benzene rings is 1. The Morgan fingerprint density at radius 2 is 2.08 bits per heavy atom. The Morgan fingerprint density at radius 1 is 1.33 bits per heavy atom. The van der Waals surface area contributed by atoms with E-state index in [0.29, 0.717) is 39.3 Å². The highest BCUT2D eigenvalue weighted by Crippen LogP contribution is 2.68. The zero-order valence-electron chi connectivity index (χ0n) is 13.7. The second-order valence-corrected chi connectivity index (χ2v) is 8.22. The Bertz CT molecular complexity index is 673. The molecule has 0 heterocycles. The number of fused-ring (bicyclic) bond motifs is 1. The predicted octanol–water partition coefficient (Wildman–Crippen LogP) is 5.48. The van der Waals surface area contributed by atoms with Crippen LogP contribution in [0.25, 0.3) is 0 Å². The molecule has 0 amide bonds. The number of aliphatic carboxylic acids is 1. The first-order valence-corrected chi connectivity index (χ1v) is 9.31. The molecule has 2 aliphatic rings. The summed E-state index contributed by atoms with van der Waals surface area (Å²) in [7, 11) is 0. The highest BCUT2D eigenvalue weighted by atomic mass is 35.5. The smallest absolute Gasteiger partial charge is 0.306 e. The molecule has 3 rings (SSSR count). The molecule has 3 unspecified atom stereocenters. The minimum atomic E-state index is -0.685. The molecule has 1 N–H and O–H groups in total. The fourth-order valence-corrected chi connectivity index (χ4v) is 4.93. The maximum Gasteiger partial charge on any atom is 0.306 e. The summed E-state index contributed by atoms with van der Waals surface area (Å²) in [5.74, 6) is 0.0258. The maximum atomic E-state index is 12.3. The summed E-state index contributed by atoms with van der Waals surface area (Å²) >= 11 is 11.8. The number of hydrogen-bond acceptors (Lipinski definition) is 2. The highest BCUT2D eigenvalue weighted by Gasteiger charge is 2.60. The Labute approximate surface area is 152 Å². The number of Topliss-reactive ketones (excluding diaryl/α,β-unsaturated/α-hetero) is 1. The average Bonchev–Trinajstić information content (AvgIpc) is 2.53. The van der Waals surface area contributed by atoms with E-state index in [9.17, 15) is 14.7 Å². The van der Waals surface area contributed by atoms with Crippen LogP contribution in [0.3, 0.4) is 0 Å². The molecule has 0 aliphatic heterocycles. The van der Waals surface area contributed by atoms with E-state index in [1.807, 2.05) is 6.92 Å². The number of carboxylic acids is 1. The highest BCUT2D eigenvalue weighted by molar-refractivity contribution is 6.42. The van der Waals surface area contributed by atoms with Crippen LogP contribution >= 0.6 is 23.2 Å². The molecule has 3 nitrogen and oxygen atoms in total. The lowest BCUT2D eigenvalue weighted by molar-refractivity contribution is -0.176. The van der Waals surface area contributed by atoms with Crippen molar-refractivity contribution in [2.24, 2.45) is 23.2 Å². The van der Waals surface area contributed by atoms with Crippen molar-refractivity contribution in [3.8, 4) is 0 Å². The lowest BCUT2D eigenvalue weighted by atomic mass is 9.39. The molecule has 1 aromatic rings. The summed E-state index contributed by atoms with van der Waals surface area (Å²) in [5.41, 5.74) is 0.921. The van der Waals surface area contributed by atoms with Gasteiger partial charge in [-0.25, -0.2) is 0 Å². The third-order valence-corrected chi connectivity index (χ3v) is 6.99. The van der Waals surface area contributed by atoms with Crippen LogP contribution in [0.4, 0.5) is 0 Å². The minimum absolute atomic E-state index is 0.0932. The number of rotatable bonds is 7. The lowest BCUT2D eigenvalue weighted by Gasteiger charge is -2.65. The summed E-state index contributed by atoms with van der Waals surface area (Å²) in [4.78, 5) is 23.4. The van der Waals surface area contributed by atoms with E-state index >= 15 is 0 Å². The molecule has 0 aromatic heterocycles. The van der Waals surface area contributed by atoms with Gasteiger partial charge in [0.15, 0.2) is 5.78 Å². The monoisotopic (exact) mass is 368 g/mol. The van der Waals surface area contributed by atoms with Crippen LogP contribution in [0.15, 0.2) is 18.2 Å². The zero-order valence-corrected chi connectivity index (χ0v) is 15.2. The number of carboxylic acid groups (broad SMARTS) is 1. The van der Waals surface area contributed by atoms with Crippen LogP contribution < -0.4 is 0 Å². The Hall–Kier alpha value is -1.06. The van der Waals surface area contributed by atoms with Gasteiger partial charge in [-0.3, -0.25) is 9.59 Å². The van der Waals surface area contributed by atoms with Gasteiger partial charge in [0.1, 0.15) is 0 Å². The van der Waals surface area contributed by atoms with Crippen molar-refractivity contribution >= 4 is 35.0 Å². The van der Waals surface area contributed by atoms with Gasteiger partial charge in [0, 0.05) is 12.0 Å². The van der Waals surface area contributed by atoms with Gasteiger partial charge in [0.2, 0.25) is 0 Å². The number of ketones is 1. The van der Waals surface area contributed by atoms with Crippen LogP contribution in [-0.2, 0) is 4.79 Å². The first-order chi connectivity index (χ1) is 11.3. The van der Waals surface area contributed by atoms with Crippen LogP contribution in [0.1, 0.15) is 55.8 Å². The fraction of sp³-hybridized carbons (Fsp3) is 0.579. The van der Waals surface area contributed by atoms with E-state index in [-0.39, 0.29) is 11.7 Å². The first kappa shape index (κ1) is 17.8. The molecule has 5 heteroatoms. The third kappa shape index (κ3) is 3.09. The van der Waals surface area contributed by atoms with E-state index in [2.05, 4.69) is 0 Å². The van der Waals surface area contributed by atoms with Crippen molar-refractivity contribution in [1.82, 2.24) is 0 Å². The fourth-order valence-electron chi connectivity index (χ4n) is 4.63. The van der Waals surface area contributed by atoms with Crippen molar-refractivity contribution < 1.29 is 14.7 Å². The van der Waals surface area contributed by atoms with E-state index in [1.165, 1.54) is 6.42 Å². The molecule has 2 fully saturated rings. The molecule has 0 spiro atoms. The molecule has 1 aromatic carbocycles. The summed E-state index contributed by atoms with van der Waals surface area (Å²) in [6.45, 7) is 1.82. The Kier molecular flexibility index (Phi) is 4.94. The Morgan fingerprint density at radius 3 is 2.62 bits per heavy atom. The second-order valence-electron chi connectivity index (χ2n) is 7.41. The van der Waals surface area contributed by atoms with Crippen molar-refractivity contribution in [3.05, 3.63) is 33.8 Å². The molecule has 0 bridgehead atoms. The van der Waals surface area contributed by atoms with E-state index in [4.69, 9.17) is 23.2 Å². The van der Waals surface area contributed by atoms with Gasteiger partial charge in [-0.1, -0.05) is 30.1 Å². The van der Waals surface area contributed by atoms with E-state index in [1.54, 1.807) is 18.2 Å².